The minimum atomic E-state index is -4.30. The van der Waals surface area contributed by atoms with E-state index in [-0.39, 0.29) is 33.7 Å². The highest BCUT2D eigenvalue weighted by atomic mass is 35.5. The predicted molar refractivity (Wildman–Crippen MR) is 104 cm³/mol. The van der Waals surface area contributed by atoms with Crippen LogP contribution in [0.4, 0.5) is 10.1 Å². The van der Waals surface area contributed by atoms with E-state index in [1.165, 1.54) is 22.5 Å². The molecule has 0 spiro atoms. The second-order valence-corrected chi connectivity index (χ2v) is 9.82. The number of halogens is 3. The van der Waals surface area contributed by atoms with Crippen molar-refractivity contribution in [2.45, 2.75) is 23.6 Å². The molecule has 0 bridgehead atoms. The van der Waals surface area contributed by atoms with Crippen LogP contribution in [0.25, 0.3) is 0 Å². The van der Waals surface area contributed by atoms with Crippen LogP contribution in [0.5, 0.6) is 0 Å². The fourth-order valence-electron chi connectivity index (χ4n) is 2.37. The van der Waals surface area contributed by atoms with Crippen molar-refractivity contribution in [3.63, 3.8) is 0 Å². The van der Waals surface area contributed by atoms with E-state index in [2.05, 4.69) is 4.72 Å². The number of hydrogen-bond acceptors (Lipinski definition) is 4. The van der Waals surface area contributed by atoms with Gasteiger partial charge >= 0.3 is 0 Å². The third-order valence-electron chi connectivity index (χ3n) is 3.69. The maximum atomic E-state index is 14.0. The molecule has 1 N–H and O–H groups in total. The highest BCUT2D eigenvalue weighted by Gasteiger charge is 2.26. The molecule has 0 saturated heterocycles. The van der Waals surface area contributed by atoms with Crippen LogP contribution in [0.15, 0.2) is 46.2 Å². The number of hydrogen-bond donors (Lipinski definition) is 1. The standard InChI is InChI=1S/C16H17Cl2FN2O4S2/c1-3-21(4-2)27(24,25)16-10-12(6-7-13(16)18)20-26(22,23)15-8-5-11(17)9-14(15)19/h5-10,20H,3-4H2,1-2H3. The van der Waals surface area contributed by atoms with Crippen LogP contribution in [0.3, 0.4) is 0 Å². The van der Waals surface area contributed by atoms with E-state index >= 15 is 0 Å². The number of nitrogens with zero attached hydrogens (tertiary/aromatic N) is 1. The zero-order chi connectivity index (χ0) is 20.4. The van der Waals surface area contributed by atoms with Gasteiger partial charge in [0.05, 0.1) is 10.7 Å². The molecule has 0 amide bonds. The first-order valence-electron chi connectivity index (χ1n) is 7.80. The van der Waals surface area contributed by atoms with Gasteiger partial charge in [0.15, 0.2) is 0 Å². The zero-order valence-electron chi connectivity index (χ0n) is 14.4. The summed E-state index contributed by atoms with van der Waals surface area (Å²) in [5, 5.41) is -0.00642. The maximum Gasteiger partial charge on any atom is 0.264 e. The van der Waals surface area contributed by atoms with Crippen molar-refractivity contribution in [1.29, 1.82) is 0 Å². The van der Waals surface area contributed by atoms with Gasteiger partial charge in [-0.1, -0.05) is 37.0 Å². The van der Waals surface area contributed by atoms with E-state index in [1.54, 1.807) is 13.8 Å². The summed E-state index contributed by atoms with van der Waals surface area (Å²) >= 11 is 11.6. The molecule has 0 heterocycles. The molecule has 11 heteroatoms. The number of nitrogens with one attached hydrogen (secondary N) is 1. The van der Waals surface area contributed by atoms with Crippen LogP contribution in [-0.2, 0) is 20.0 Å². The van der Waals surface area contributed by atoms with Gasteiger partial charge in [-0.15, -0.1) is 0 Å². The molecule has 0 aromatic heterocycles. The minimum Gasteiger partial charge on any atom is -0.279 e. The summed E-state index contributed by atoms with van der Waals surface area (Å²) < 4.78 is 67.5. The van der Waals surface area contributed by atoms with E-state index in [0.29, 0.717) is 0 Å². The lowest BCUT2D eigenvalue weighted by Gasteiger charge is -2.20. The molecule has 27 heavy (non-hydrogen) atoms. The van der Waals surface area contributed by atoms with Gasteiger partial charge in [-0.2, -0.15) is 4.31 Å². The topological polar surface area (TPSA) is 83.6 Å². The fourth-order valence-corrected chi connectivity index (χ4v) is 5.60. The summed E-state index contributed by atoms with van der Waals surface area (Å²) in [5.74, 6) is -1.03. The molecule has 2 aromatic rings. The highest BCUT2D eigenvalue weighted by molar-refractivity contribution is 7.92. The van der Waals surface area contributed by atoms with Crippen molar-refractivity contribution in [3.8, 4) is 0 Å². The molecule has 0 aliphatic rings. The normalized spacial score (nSPS) is 12.4. The van der Waals surface area contributed by atoms with Gasteiger partial charge in [0.1, 0.15) is 15.6 Å². The molecule has 0 saturated carbocycles. The van der Waals surface area contributed by atoms with Gasteiger partial charge in [0.2, 0.25) is 10.0 Å². The Kier molecular flexibility index (Phi) is 6.75. The molecule has 6 nitrogen and oxygen atoms in total. The average Bonchev–Trinajstić information content (AvgIpc) is 2.56. The Morgan fingerprint density at radius 2 is 1.59 bits per heavy atom. The van der Waals surface area contributed by atoms with Crippen molar-refractivity contribution in [2.75, 3.05) is 17.8 Å². The van der Waals surface area contributed by atoms with Crippen molar-refractivity contribution in [3.05, 3.63) is 52.3 Å². The van der Waals surface area contributed by atoms with E-state index < -0.39 is 30.8 Å². The SMILES string of the molecule is CCN(CC)S(=O)(=O)c1cc(NS(=O)(=O)c2ccc(Cl)cc2F)ccc1Cl. The second kappa shape index (κ2) is 8.32. The fraction of sp³-hybridized carbons (Fsp3) is 0.250. The zero-order valence-corrected chi connectivity index (χ0v) is 17.6. The number of benzene rings is 2. The third kappa shape index (κ3) is 4.72. The van der Waals surface area contributed by atoms with Crippen molar-refractivity contribution >= 4 is 48.9 Å². The number of anilines is 1. The minimum absolute atomic E-state index is 0.0468. The Balaban J connectivity index is 2.47. The summed E-state index contributed by atoms with van der Waals surface area (Å²) in [4.78, 5) is -0.861. The summed E-state index contributed by atoms with van der Waals surface area (Å²) in [6.07, 6.45) is 0. The first-order valence-corrected chi connectivity index (χ1v) is 11.5. The molecule has 0 unspecified atom stereocenters. The largest absolute Gasteiger partial charge is 0.279 e. The van der Waals surface area contributed by atoms with Crippen LogP contribution in [-0.4, -0.2) is 34.2 Å². The van der Waals surface area contributed by atoms with E-state index in [1.807, 2.05) is 0 Å². The summed E-state index contributed by atoms with van der Waals surface area (Å²) in [6, 6.07) is 6.76. The summed E-state index contributed by atoms with van der Waals surface area (Å²) in [5.41, 5.74) is -0.0699. The van der Waals surface area contributed by atoms with Crippen LogP contribution in [0.2, 0.25) is 10.0 Å². The van der Waals surface area contributed by atoms with Crippen molar-refractivity contribution in [1.82, 2.24) is 4.31 Å². The van der Waals surface area contributed by atoms with Crippen molar-refractivity contribution < 1.29 is 21.2 Å². The average molecular weight is 455 g/mol. The highest BCUT2D eigenvalue weighted by Crippen LogP contribution is 2.29. The lowest BCUT2D eigenvalue weighted by Crippen LogP contribution is -2.30. The molecule has 2 aromatic carbocycles. The van der Waals surface area contributed by atoms with Gasteiger partial charge in [-0.25, -0.2) is 21.2 Å². The quantitative estimate of drug-likeness (QED) is 0.685. The molecule has 0 atom stereocenters. The number of rotatable bonds is 7. The molecular weight excluding hydrogens is 438 g/mol. The molecule has 2 rings (SSSR count). The van der Waals surface area contributed by atoms with Crippen molar-refractivity contribution in [2.24, 2.45) is 0 Å². The molecule has 0 radical (unpaired) electrons. The van der Waals surface area contributed by atoms with Gasteiger partial charge in [-0.3, -0.25) is 4.72 Å². The van der Waals surface area contributed by atoms with Gasteiger partial charge in [0.25, 0.3) is 10.0 Å². The van der Waals surface area contributed by atoms with E-state index in [0.717, 1.165) is 18.2 Å². The van der Waals surface area contributed by atoms with Crippen LogP contribution < -0.4 is 4.72 Å². The maximum absolute atomic E-state index is 14.0. The summed E-state index contributed by atoms with van der Waals surface area (Å²) in [7, 11) is -8.22. The molecule has 0 fully saturated rings. The van der Waals surface area contributed by atoms with Gasteiger partial charge in [0, 0.05) is 18.1 Å². The van der Waals surface area contributed by atoms with Crippen LogP contribution >= 0.6 is 23.2 Å². The molecule has 0 aliphatic carbocycles. The number of sulfonamides is 2. The molecule has 148 valence electrons. The Bertz CT molecular complexity index is 1060. The van der Waals surface area contributed by atoms with E-state index in [9.17, 15) is 21.2 Å². The lowest BCUT2D eigenvalue weighted by atomic mass is 10.3. The predicted octanol–water partition coefficient (Wildman–Crippen LogP) is 3.96. The van der Waals surface area contributed by atoms with Gasteiger partial charge < -0.3 is 0 Å². The smallest absolute Gasteiger partial charge is 0.264 e. The molecular formula is C16H17Cl2FN2O4S2. The van der Waals surface area contributed by atoms with Crippen LogP contribution in [0, 0.1) is 5.82 Å². The Hall–Kier alpha value is -1.39. The Labute approximate surface area is 168 Å². The second-order valence-electron chi connectivity index (χ2n) is 5.41. The first-order chi connectivity index (χ1) is 12.5. The lowest BCUT2D eigenvalue weighted by molar-refractivity contribution is 0.445. The summed E-state index contributed by atoms with van der Waals surface area (Å²) in [6.45, 7) is 3.79. The third-order valence-corrected chi connectivity index (χ3v) is 7.87. The monoisotopic (exact) mass is 454 g/mol. The van der Waals surface area contributed by atoms with Gasteiger partial charge in [-0.05, 0) is 36.4 Å². The molecule has 0 aliphatic heterocycles. The Morgan fingerprint density at radius 3 is 2.15 bits per heavy atom. The van der Waals surface area contributed by atoms with Crippen LogP contribution in [0.1, 0.15) is 13.8 Å². The van der Waals surface area contributed by atoms with E-state index in [4.69, 9.17) is 23.2 Å². The first kappa shape index (κ1) is 21.9. The Morgan fingerprint density at radius 1 is 0.963 bits per heavy atom.